The third-order valence-electron chi connectivity index (χ3n) is 2.91. The smallest absolute Gasteiger partial charge is 0.131 e. The van der Waals surface area contributed by atoms with E-state index < -0.39 is 0 Å². The van der Waals surface area contributed by atoms with Crippen LogP contribution < -0.4 is 0 Å². The van der Waals surface area contributed by atoms with Gasteiger partial charge >= 0.3 is 0 Å². The largest absolute Gasteiger partial charge is 0.266 e. The van der Waals surface area contributed by atoms with Gasteiger partial charge in [-0.25, -0.2) is 4.68 Å². The molecule has 2 aromatic heterocycles. The summed E-state index contributed by atoms with van der Waals surface area (Å²) < 4.78 is 4.68. The number of benzene rings is 1. The molecule has 0 aliphatic rings. The molecule has 3 aromatic rings. The fraction of sp³-hybridized carbons (Fsp3) is 0.154. The summed E-state index contributed by atoms with van der Waals surface area (Å²) in [5, 5.41) is 12.5. The summed E-state index contributed by atoms with van der Waals surface area (Å²) in [5.41, 5.74) is 2.95. The normalized spacial score (nSPS) is 10.8. The highest BCUT2D eigenvalue weighted by Gasteiger charge is 2.08. The maximum atomic E-state index is 4.18. The molecule has 0 spiro atoms. The molecule has 0 bridgehead atoms. The minimum atomic E-state index is 0.687. The highest BCUT2D eigenvalue weighted by Crippen LogP contribution is 2.18. The van der Waals surface area contributed by atoms with E-state index in [0.29, 0.717) is 6.54 Å². The van der Waals surface area contributed by atoms with Crippen molar-refractivity contribution in [1.29, 1.82) is 0 Å². The van der Waals surface area contributed by atoms with Crippen molar-refractivity contribution in [3.63, 3.8) is 0 Å². The predicted molar refractivity (Wildman–Crippen MR) is 75.5 cm³/mol. The lowest BCUT2D eigenvalue weighted by atomic mass is 10.2. The Morgan fingerprint density at radius 1 is 1.21 bits per heavy atom. The summed E-state index contributed by atoms with van der Waals surface area (Å²) in [4.78, 5) is 0. The highest BCUT2D eigenvalue weighted by atomic mass is 79.9. The Labute approximate surface area is 119 Å². The summed E-state index contributed by atoms with van der Waals surface area (Å²) in [7, 11) is 1.89. The highest BCUT2D eigenvalue weighted by molar-refractivity contribution is 9.10. The maximum absolute atomic E-state index is 4.18. The molecular formula is C13H12BrN5. The molecule has 1 aromatic carbocycles. The topological polar surface area (TPSA) is 48.5 Å². The van der Waals surface area contributed by atoms with Crippen LogP contribution in [-0.4, -0.2) is 24.8 Å². The molecule has 2 heterocycles. The maximum Gasteiger partial charge on any atom is 0.131 e. The number of hydrogen-bond acceptors (Lipinski definition) is 3. The Morgan fingerprint density at radius 3 is 2.79 bits per heavy atom. The average Bonchev–Trinajstić information content (AvgIpc) is 3.01. The standard InChI is InChI=1S/C13H12BrN5/c1-18-13(6-7-15-18)12-9-19(17-16-12)8-10-4-2-3-5-11(10)14/h2-7,9H,8H2,1H3. The zero-order chi connectivity index (χ0) is 13.2. The summed E-state index contributed by atoms with van der Waals surface area (Å²) in [6, 6.07) is 10.0. The fourth-order valence-corrected chi connectivity index (χ4v) is 2.33. The number of halogens is 1. The van der Waals surface area contributed by atoms with Crippen molar-refractivity contribution in [2.75, 3.05) is 0 Å². The van der Waals surface area contributed by atoms with Crippen LogP contribution in [0, 0.1) is 0 Å². The molecular weight excluding hydrogens is 306 g/mol. The predicted octanol–water partition coefficient (Wildman–Crippen LogP) is 2.49. The van der Waals surface area contributed by atoms with Gasteiger partial charge in [0, 0.05) is 17.7 Å². The monoisotopic (exact) mass is 317 g/mol. The van der Waals surface area contributed by atoms with Crippen LogP contribution in [0.1, 0.15) is 5.56 Å². The van der Waals surface area contributed by atoms with E-state index in [4.69, 9.17) is 0 Å². The van der Waals surface area contributed by atoms with Crippen molar-refractivity contribution >= 4 is 15.9 Å². The Balaban J connectivity index is 1.87. The van der Waals surface area contributed by atoms with Gasteiger partial charge in [-0.1, -0.05) is 39.3 Å². The molecule has 5 nitrogen and oxygen atoms in total. The average molecular weight is 318 g/mol. The molecule has 3 rings (SSSR count). The molecule has 0 aliphatic carbocycles. The lowest BCUT2D eigenvalue weighted by molar-refractivity contribution is 0.648. The van der Waals surface area contributed by atoms with Crippen molar-refractivity contribution in [1.82, 2.24) is 24.8 Å². The molecule has 0 saturated heterocycles. The number of rotatable bonds is 3. The molecule has 0 saturated carbocycles. The van der Waals surface area contributed by atoms with Crippen LogP contribution in [0.25, 0.3) is 11.4 Å². The first kappa shape index (κ1) is 12.1. The SMILES string of the molecule is Cn1nccc1-c1cn(Cc2ccccc2Br)nn1. The number of aryl methyl sites for hydroxylation is 1. The van der Waals surface area contributed by atoms with E-state index in [1.807, 2.05) is 42.2 Å². The molecule has 6 heteroatoms. The lowest BCUT2D eigenvalue weighted by Crippen LogP contribution is -2.00. The van der Waals surface area contributed by atoms with Gasteiger partial charge in [-0.05, 0) is 17.7 Å². The van der Waals surface area contributed by atoms with Crippen molar-refractivity contribution < 1.29 is 0 Å². The van der Waals surface area contributed by atoms with Crippen LogP contribution in [0.2, 0.25) is 0 Å². The number of aromatic nitrogens is 5. The molecule has 0 fully saturated rings. The molecule has 0 radical (unpaired) electrons. The molecule has 0 amide bonds. The second kappa shape index (κ2) is 4.97. The first-order valence-corrected chi connectivity index (χ1v) is 6.65. The Morgan fingerprint density at radius 2 is 2.05 bits per heavy atom. The molecule has 0 N–H and O–H groups in total. The van der Waals surface area contributed by atoms with Crippen LogP contribution >= 0.6 is 15.9 Å². The van der Waals surface area contributed by atoms with Crippen LogP contribution in [0.3, 0.4) is 0 Å². The van der Waals surface area contributed by atoms with Gasteiger partial charge in [0.1, 0.15) is 5.69 Å². The second-order valence-electron chi connectivity index (χ2n) is 4.23. The van der Waals surface area contributed by atoms with Crippen LogP contribution in [0.15, 0.2) is 47.2 Å². The number of nitrogens with zero attached hydrogens (tertiary/aromatic N) is 5. The van der Waals surface area contributed by atoms with E-state index in [-0.39, 0.29) is 0 Å². The zero-order valence-corrected chi connectivity index (χ0v) is 11.9. The summed E-state index contributed by atoms with van der Waals surface area (Å²) in [6.45, 7) is 0.687. The van der Waals surface area contributed by atoms with Crippen LogP contribution in [0.4, 0.5) is 0 Å². The van der Waals surface area contributed by atoms with Crippen LogP contribution in [-0.2, 0) is 13.6 Å². The fourth-order valence-electron chi connectivity index (χ4n) is 1.92. The molecule has 0 aliphatic heterocycles. The van der Waals surface area contributed by atoms with Crippen LogP contribution in [0.5, 0.6) is 0 Å². The van der Waals surface area contributed by atoms with Gasteiger partial charge in [-0.15, -0.1) is 5.10 Å². The third-order valence-corrected chi connectivity index (χ3v) is 3.69. The Hall–Kier alpha value is -1.95. The minimum Gasteiger partial charge on any atom is -0.266 e. The van der Waals surface area contributed by atoms with E-state index in [9.17, 15) is 0 Å². The molecule has 19 heavy (non-hydrogen) atoms. The zero-order valence-electron chi connectivity index (χ0n) is 10.4. The van der Waals surface area contributed by atoms with E-state index in [2.05, 4.69) is 37.4 Å². The van der Waals surface area contributed by atoms with Gasteiger partial charge < -0.3 is 0 Å². The second-order valence-corrected chi connectivity index (χ2v) is 5.09. The van der Waals surface area contributed by atoms with Gasteiger partial charge in [0.05, 0.1) is 18.4 Å². The summed E-state index contributed by atoms with van der Waals surface area (Å²) >= 11 is 3.54. The summed E-state index contributed by atoms with van der Waals surface area (Å²) in [5.74, 6) is 0. The van der Waals surface area contributed by atoms with E-state index in [1.54, 1.807) is 10.9 Å². The van der Waals surface area contributed by atoms with Gasteiger partial charge in [0.25, 0.3) is 0 Å². The molecule has 96 valence electrons. The van der Waals surface area contributed by atoms with Crippen molar-refractivity contribution in [3.05, 3.63) is 52.8 Å². The third kappa shape index (κ3) is 2.44. The van der Waals surface area contributed by atoms with Gasteiger partial charge in [-0.2, -0.15) is 5.10 Å². The number of hydrogen-bond donors (Lipinski definition) is 0. The Kier molecular flexibility index (Phi) is 3.16. The first-order chi connectivity index (χ1) is 9.24. The van der Waals surface area contributed by atoms with E-state index in [1.165, 1.54) is 5.56 Å². The van der Waals surface area contributed by atoms with Crippen molar-refractivity contribution in [3.8, 4) is 11.4 Å². The first-order valence-electron chi connectivity index (χ1n) is 5.86. The molecule has 0 unspecified atom stereocenters. The van der Waals surface area contributed by atoms with Crippen molar-refractivity contribution in [2.24, 2.45) is 7.05 Å². The van der Waals surface area contributed by atoms with E-state index >= 15 is 0 Å². The van der Waals surface area contributed by atoms with Gasteiger partial charge in [0.2, 0.25) is 0 Å². The van der Waals surface area contributed by atoms with Crippen molar-refractivity contribution in [2.45, 2.75) is 6.54 Å². The minimum absolute atomic E-state index is 0.687. The van der Waals surface area contributed by atoms with Gasteiger partial charge in [0.15, 0.2) is 0 Å². The van der Waals surface area contributed by atoms with Gasteiger partial charge in [-0.3, -0.25) is 4.68 Å². The lowest BCUT2D eigenvalue weighted by Gasteiger charge is -2.03. The summed E-state index contributed by atoms with van der Waals surface area (Å²) in [6.07, 6.45) is 3.68. The van der Waals surface area contributed by atoms with E-state index in [0.717, 1.165) is 15.9 Å². The molecule has 0 atom stereocenters. The quantitative estimate of drug-likeness (QED) is 0.745. The Bertz CT molecular complexity index is 700.